The van der Waals surface area contributed by atoms with Crippen LogP contribution in [0.4, 0.5) is 0 Å². The van der Waals surface area contributed by atoms with Crippen molar-refractivity contribution >= 4 is 17.8 Å². The van der Waals surface area contributed by atoms with E-state index in [1.165, 1.54) is 19.4 Å². The molecule has 3 rings (SSSR count). The third kappa shape index (κ3) is 7.60. The minimum atomic E-state index is -0.896. The Morgan fingerprint density at radius 3 is 2.55 bits per heavy atom. The standard InChI is InChI=1S/C28H36N2O8/c1-17(2)27(32)36-16-35-25-22(34-5)14-15-29-23(25)26(31)30-21-13-9-10-18(3)24(19(4)37-28(21)33)38-20-11-7-6-8-12-20/h6-8,11-12,14-15,17-19,21,24H,9-10,13,16H2,1-5H3,(H,30,31). The van der Waals surface area contributed by atoms with Gasteiger partial charge in [0.2, 0.25) is 6.79 Å². The van der Waals surface area contributed by atoms with E-state index in [-0.39, 0.29) is 35.1 Å². The molecule has 0 radical (unpaired) electrons. The minimum Gasteiger partial charge on any atom is -0.493 e. The molecular weight excluding hydrogens is 492 g/mol. The summed E-state index contributed by atoms with van der Waals surface area (Å²) in [7, 11) is 1.41. The molecule has 206 valence electrons. The largest absolute Gasteiger partial charge is 0.493 e. The molecule has 1 aliphatic heterocycles. The number of nitrogens with one attached hydrogen (secondary N) is 1. The van der Waals surface area contributed by atoms with E-state index in [2.05, 4.69) is 17.2 Å². The first-order valence-corrected chi connectivity index (χ1v) is 12.8. The number of cyclic esters (lactones) is 1. The van der Waals surface area contributed by atoms with E-state index in [4.69, 9.17) is 23.7 Å². The summed E-state index contributed by atoms with van der Waals surface area (Å²) in [5.41, 5.74) is -0.107. The van der Waals surface area contributed by atoms with E-state index in [1.807, 2.05) is 30.3 Å². The molecule has 10 nitrogen and oxygen atoms in total. The third-order valence-electron chi connectivity index (χ3n) is 6.26. The predicted molar refractivity (Wildman–Crippen MR) is 138 cm³/mol. The van der Waals surface area contributed by atoms with Crippen LogP contribution in [-0.4, -0.2) is 55.0 Å². The van der Waals surface area contributed by atoms with Crippen molar-refractivity contribution in [3.05, 3.63) is 48.3 Å². The Hall–Kier alpha value is -3.82. The van der Waals surface area contributed by atoms with Crippen molar-refractivity contribution in [1.82, 2.24) is 10.3 Å². The fraction of sp³-hybridized carbons (Fsp3) is 0.500. The van der Waals surface area contributed by atoms with Crippen LogP contribution in [0.25, 0.3) is 0 Å². The van der Waals surface area contributed by atoms with Gasteiger partial charge in [0, 0.05) is 12.3 Å². The molecule has 1 amide bonds. The van der Waals surface area contributed by atoms with Gasteiger partial charge >= 0.3 is 11.9 Å². The number of nitrogens with zero attached hydrogens (tertiary/aromatic N) is 1. The molecule has 4 atom stereocenters. The van der Waals surface area contributed by atoms with Crippen LogP contribution in [0.1, 0.15) is 57.4 Å². The lowest BCUT2D eigenvalue weighted by atomic mass is 9.94. The first kappa shape index (κ1) is 28.7. The number of esters is 2. The van der Waals surface area contributed by atoms with E-state index < -0.39 is 36.8 Å². The monoisotopic (exact) mass is 528 g/mol. The van der Waals surface area contributed by atoms with Crippen LogP contribution in [0, 0.1) is 11.8 Å². The zero-order valence-corrected chi connectivity index (χ0v) is 22.5. The number of hydrogen-bond donors (Lipinski definition) is 1. The van der Waals surface area contributed by atoms with Gasteiger partial charge in [-0.1, -0.05) is 45.4 Å². The highest BCUT2D eigenvalue weighted by Gasteiger charge is 2.34. The van der Waals surface area contributed by atoms with Crippen molar-refractivity contribution in [2.45, 2.75) is 65.2 Å². The summed E-state index contributed by atoms with van der Waals surface area (Å²) in [6.07, 6.45) is 2.33. The Bertz CT molecular complexity index is 1090. The maximum atomic E-state index is 13.2. The van der Waals surface area contributed by atoms with Gasteiger partial charge in [-0.2, -0.15) is 0 Å². The highest BCUT2D eigenvalue weighted by Crippen LogP contribution is 2.30. The normalized spacial score (nSPS) is 21.8. The molecule has 0 spiro atoms. The van der Waals surface area contributed by atoms with Crippen LogP contribution in [0.15, 0.2) is 42.6 Å². The quantitative estimate of drug-likeness (QED) is 0.381. The molecule has 1 fully saturated rings. The number of para-hydroxylation sites is 1. The lowest BCUT2D eigenvalue weighted by molar-refractivity contribution is -0.156. The summed E-state index contributed by atoms with van der Waals surface area (Å²) in [4.78, 5) is 42.2. The molecule has 38 heavy (non-hydrogen) atoms. The number of carbonyl (C=O) groups is 3. The Labute approximate surface area is 223 Å². The van der Waals surface area contributed by atoms with Gasteiger partial charge in [-0.3, -0.25) is 9.59 Å². The van der Waals surface area contributed by atoms with Crippen LogP contribution < -0.4 is 19.5 Å². The second-order valence-electron chi connectivity index (χ2n) is 9.54. The second-order valence-corrected chi connectivity index (χ2v) is 9.54. The van der Waals surface area contributed by atoms with Gasteiger partial charge in [0.05, 0.1) is 13.0 Å². The number of benzene rings is 1. The van der Waals surface area contributed by atoms with Gasteiger partial charge < -0.3 is 29.0 Å². The van der Waals surface area contributed by atoms with Crippen LogP contribution in [-0.2, 0) is 19.1 Å². The Morgan fingerprint density at radius 1 is 1.13 bits per heavy atom. The molecule has 2 heterocycles. The number of amides is 1. The second kappa shape index (κ2) is 13.6. The number of carbonyl (C=O) groups excluding carboxylic acids is 3. The Morgan fingerprint density at radius 2 is 1.87 bits per heavy atom. The van der Waals surface area contributed by atoms with Crippen molar-refractivity contribution in [1.29, 1.82) is 0 Å². The van der Waals surface area contributed by atoms with Crippen LogP contribution in [0.2, 0.25) is 0 Å². The van der Waals surface area contributed by atoms with Crippen LogP contribution in [0.5, 0.6) is 17.2 Å². The molecule has 1 aromatic heterocycles. The van der Waals surface area contributed by atoms with Crippen molar-refractivity contribution < 1.29 is 38.1 Å². The summed E-state index contributed by atoms with van der Waals surface area (Å²) >= 11 is 0. The zero-order chi connectivity index (χ0) is 27.7. The summed E-state index contributed by atoms with van der Waals surface area (Å²) < 4.78 is 27.9. The van der Waals surface area contributed by atoms with E-state index in [0.717, 1.165) is 6.42 Å². The lowest BCUT2D eigenvalue weighted by Crippen LogP contribution is -2.45. The van der Waals surface area contributed by atoms with Gasteiger partial charge in [-0.15, -0.1) is 0 Å². The van der Waals surface area contributed by atoms with Gasteiger partial charge in [0.1, 0.15) is 24.0 Å². The molecule has 0 aliphatic carbocycles. The van der Waals surface area contributed by atoms with Gasteiger partial charge in [0.25, 0.3) is 5.91 Å². The number of hydrogen-bond acceptors (Lipinski definition) is 9. The smallest absolute Gasteiger partial charge is 0.329 e. The minimum absolute atomic E-state index is 0.00111. The van der Waals surface area contributed by atoms with Crippen molar-refractivity contribution in [3.63, 3.8) is 0 Å². The van der Waals surface area contributed by atoms with E-state index in [9.17, 15) is 14.4 Å². The average Bonchev–Trinajstić information content (AvgIpc) is 2.94. The molecule has 1 N–H and O–H groups in total. The van der Waals surface area contributed by atoms with Gasteiger partial charge in [-0.05, 0) is 37.8 Å². The summed E-state index contributed by atoms with van der Waals surface area (Å²) in [5, 5.41) is 2.73. The van der Waals surface area contributed by atoms with E-state index in [1.54, 1.807) is 20.8 Å². The topological polar surface area (TPSA) is 122 Å². The fourth-order valence-electron chi connectivity index (χ4n) is 4.15. The van der Waals surface area contributed by atoms with Crippen molar-refractivity contribution in [3.8, 4) is 17.2 Å². The van der Waals surface area contributed by atoms with E-state index >= 15 is 0 Å². The number of rotatable bonds is 9. The molecule has 1 aliphatic rings. The number of ether oxygens (including phenoxy) is 5. The molecule has 4 unspecified atom stereocenters. The molecule has 0 saturated carbocycles. The maximum Gasteiger partial charge on any atom is 0.329 e. The van der Waals surface area contributed by atoms with E-state index in [0.29, 0.717) is 18.6 Å². The van der Waals surface area contributed by atoms with Crippen molar-refractivity contribution in [2.75, 3.05) is 13.9 Å². The van der Waals surface area contributed by atoms with Gasteiger partial charge in [-0.25, -0.2) is 9.78 Å². The van der Waals surface area contributed by atoms with Crippen LogP contribution in [0.3, 0.4) is 0 Å². The molecule has 1 saturated heterocycles. The third-order valence-corrected chi connectivity index (χ3v) is 6.26. The van der Waals surface area contributed by atoms with Crippen molar-refractivity contribution in [2.24, 2.45) is 11.8 Å². The first-order chi connectivity index (χ1) is 18.2. The highest BCUT2D eigenvalue weighted by atomic mass is 16.7. The molecule has 10 heteroatoms. The molecule has 2 aromatic rings. The summed E-state index contributed by atoms with van der Waals surface area (Å²) in [6.45, 7) is 6.82. The van der Waals surface area contributed by atoms with Gasteiger partial charge in [0.15, 0.2) is 17.2 Å². The Balaban J connectivity index is 1.72. The average molecular weight is 529 g/mol. The number of pyridine rings is 1. The highest BCUT2D eigenvalue weighted by molar-refractivity contribution is 5.98. The lowest BCUT2D eigenvalue weighted by Gasteiger charge is -2.29. The fourth-order valence-corrected chi connectivity index (χ4v) is 4.15. The Kier molecular flexibility index (Phi) is 10.3. The molecule has 0 bridgehead atoms. The summed E-state index contributed by atoms with van der Waals surface area (Å²) in [5.74, 6) is -0.955. The first-order valence-electron chi connectivity index (χ1n) is 12.8. The maximum absolute atomic E-state index is 13.2. The number of methoxy groups -OCH3 is 1. The molecule has 1 aromatic carbocycles. The SMILES string of the molecule is COc1ccnc(C(=O)NC2CCCC(C)C(Oc3ccccc3)C(C)OC2=O)c1OCOC(=O)C(C)C. The molecular formula is C28H36N2O8. The summed E-state index contributed by atoms with van der Waals surface area (Å²) in [6, 6.07) is 10.0. The zero-order valence-electron chi connectivity index (χ0n) is 22.5. The van der Waals surface area contributed by atoms with Crippen LogP contribution >= 0.6 is 0 Å². The predicted octanol–water partition coefficient (Wildman–Crippen LogP) is 3.92. The number of aromatic nitrogens is 1.